The summed E-state index contributed by atoms with van der Waals surface area (Å²) < 4.78 is 47.7. The maximum atomic E-state index is 12.7. The molecule has 16 heteroatoms. The SMILES string of the molecule is CC/C=C/CC(O)/C=C/C=C/CCCCCCCC(=O)OC[C@H](COP(=O)(O)OC[C@@H](O)COP(=O)(O)O)OC(=O)CCCCC/C=C\C/C=C\C/C=C\C/C=C\CCCCC. The van der Waals surface area contributed by atoms with Crippen molar-refractivity contribution in [3.05, 3.63) is 85.1 Å². The highest BCUT2D eigenvalue weighted by Gasteiger charge is 2.28. The molecule has 0 aromatic heterocycles. The van der Waals surface area contributed by atoms with Crippen molar-refractivity contribution in [2.75, 3.05) is 26.4 Å². The largest absolute Gasteiger partial charge is 0.472 e. The summed E-state index contributed by atoms with van der Waals surface area (Å²) in [6, 6.07) is 0. The van der Waals surface area contributed by atoms with Gasteiger partial charge in [-0.2, -0.15) is 0 Å². The van der Waals surface area contributed by atoms with Gasteiger partial charge < -0.3 is 34.4 Å². The van der Waals surface area contributed by atoms with Crippen molar-refractivity contribution in [1.82, 2.24) is 0 Å². The van der Waals surface area contributed by atoms with E-state index < -0.39 is 72.3 Å². The van der Waals surface area contributed by atoms with E-state index in [1.54, 1.807) is 6.08 Å². The van der Waals surface area contributed by atoms with Crippen molar-refractivity contribution in [3.8, 4) is 0 Å². The van der Waals surface area contributed by atoms with E-state index in [0.717, 1.165) is 83.5 Å². The first kappa shape index (κ1) is 59.3. The Kier molecular flexibility index (Phi) is 39.2. The lowest BCUT2D eigenvalue weighted by Crippen LogP contribution is -2.30. The molecule has 5 N–H and O–H groups in total. The van der Waals surface area contributed by atoms with Crippen LogP contribution >= 0.6 is 15.6 Å². The number of allylic oxidation sites excluding steroid dienone is 12. The monoisotopic (exact) mass is 916 g/mol. The van der Waals surface area contributed by atoms with E-state index in [-0.39, 0.29) is 12.8 Å². The van der Waals surface area contributed by atoms with Gasteiger partial charge in [-0.25, -0.2) is 9.13 Å². The van der Waals surface area contributed by atoms with Crippen LogP contribution in [0.3, 0.4) is 0 Å². The molecule has 14 nitrogen and oxygen atoms in total. The lowest BCUT2D eigenvalue weighted by Gasteiger charge is -2.20. The van der Waals surface area contributed by atoms with Gasteiger partial charge in [0.25, 0.3) is 0 Å². The molecule has 0 aromatic carbocycles. The zero-order chi connectivity index (χ0) is 46.0. The van der Waals surface area contributed by atoms with Gasteiger partial charge in [0, 0.05) is 12.8 Å². The quantitative estimate of drug-likeness (QED) is 0.0127. The summed E-state index contributed by atoms with van der Waals surface area (Å²) in [6.07, 6.45) is 43.3. The van der Waals surface area contributed by atoms with Crippen LogP contribution in [0.5, 0.6) is 0 Å². The van der Waals surface area contributed by atoms with Gasteiger partial charge in [0.2, 0.25) is 0 Å². The summed E-state index contributed by atoms with van der Waals surface area (Å²) in [4.78, 5) is 52.7. The zero-order valence-corrected chi connectivity index (χ0v) is 39.1. The molecule has 356 valence electrons. The smallest absolute Gasteiger partial charge is 0.462 e. The number of unbranched alkanes of at least 4 members (excludes halogenated alkanes) is 11. The molecule has 4 atom stereocenters. The number of hydrogen-bond donors (Lipinski definition) is 5. The van der Waals surface area contributed by atoms with E-state index in [0.29, 0.717) is 19.3 Å². The molecule has 2 unspecified atom stereocenters. The average Bonchev–Trinajstić information content (AvgIpc) is 3.23. The first-order valence-electron chi connectivity index (χ1n) is 22.4. The van der Waals surface area contributed by atoms with Crippen LogP contribution in [-0.2, 0) is 41.8 Å². The molecule has 0 rings (SSSR count). The Bertz CT molecular complexity index is 1430. The molecule has 0 amide bonds. The Labute approximate surface area is 371 Å². The first-order valence-corrected chi connectivity index (χ1v) is 25.4. The van der Waals surface area contributed by atoms with E-state index in [4.69, 9.17) is 23.8 Å². The highest BCUT2D eigenvalue weighted by Crippen LogP contribution is 2.43. The second kappa shape index (κ2) is 41.0. The fraction of sp³-hybridized carbons (Fsp3) is 0.652. The third-order valence-electron chi connectivity index (χ3n) is 8.84. The summed E-state index contributed by atoms with van der Waals surface area (Å²) in [5.41, 5.74) is 0. The van der Waals surface area contributed by atoms with Crippen LogP contribution in [-0.4, -0.2) is 81.6 Å². The molecule has 0 aliphatic carbocycles. The van der Waals surface area contributed by atoms with Crippen molar-refractivity contribution < 1.29 is 66.7 Å². The van der Waals surface area contributed by atoms with Crippen LogP contribution in [0.15, 0.2) is 85.1 Å². The number of hydrogen-bond acceptors (Lipinski definition) is 11. The molecule has 0 saturated carbocycles. The predicted octanol–water partition coefficient (Wildman–Crippen LogP) is 10.5. The molecule has 0 radical (unpaired) electrons. The van der Waals surface area contributed by atoms with E-state index >= 15 is 0 Å². The summed E-state index contributed by atoms with van der Waals surface area (Å²) in [5.74, 6) is -1.13. The molecule has 0 heterocycles. The van der Waals surface area contributed by atoms with Gasteiger partial charge in [0.05, 0.1) is 25.9 Å². The van der Waals surface area contributed by atoms with Gasteiger partial charge in [-0.05, 0) is 83.5 Å². The van der Waals surface area contributed by atoms with Gasteiger partial charge in [-0.3, -0.25) is 23.2 Å². The molecular weight excluding hydrogens is 838 g/mol. The topological polar surface area (TPSA) is 216 Å². The second-order valence-corrected chi connectivity index (χ2v) is 17.5. The maximum Gasteiger partial charge on any atom is 0.472 e. The Morgan fingerprint density at radius 1 is 0.548 bits per heavy atom. The van der Waals surface area contributed by atoms with Gasteiger partial charge >= 0.3 is 27.6 Å². The predicted molar refractivity (Wildman–Crippen MR) is 245 cm³/mol. The number of phosphoric acid groups is 2. The van der Waals surface area contributed by atoms with Gasteiger partial charge in [-0.15, -0.1) is 0 Å². The second-order valence-electron chi connectivity index (χ2n) is 14.8. The zero-order valence-electron chi connectivity index (χ0n) is 37.3. The molecule has 0 aliphatic rings. The normalized spacial score (nSPS) is 15.3. The number of carbonyl (C=O) groups excluding carboxylic acids is 2. The molecule has 0 aliphatic heterocycles. The molecule has 62 heavy (non-hydrogen) atoms. The van der Waals surface area contributed by atoms with Gasteiger partial charge in [0.1, 0.15) is 12.7 Å². The van der Waals surface area contributed by atoms with Crippen LogP contribution < -0.4 is 0 Å². The molecule has 0 bridgehead atoms. The minimum atomic E-state index is -4.88. The van der Waals surface area contributed by atoms with Crippen LogP contribution in [0, 0.1) is 0 Å². The van der Waals surface area contributed by atoms with E-state index in [1.165, 1.54) is 19.3 Å². The maximum absolute atomic E-state index is 12.7. The van der Waals surface area contributed by atoms with Crippen LogP contribution in [0.1, 0.15) is 149 Å². The number of ether oxygens (including phenoxy) is 2. The first-order chi connectivity index (χ1) is 29.8. The Hall–Kier alpha value is -2.74. The number of esters is 2. The lowest BCUT2D eigenvalue weighted by molar-refractivity contribution is -0.161. The highest BCUT2D eigenvalue weighted by atomic mass is 31.2. The van der Waals surface area contributed by atoms with Gasteiger partial charge in [0.15, 0.2) is 6.10 Å². The molecular formula is C46H78O14P2. The minimum absolute atomic E-state index is 0.0741. The Balaban J connectivity index is 4.65. The third kappa shape index (κ3) is 43.9. The third-order valence-corrected chi connectivity index (χ3v) is 10.3. The molecule has 0 saturated heterocycles. The highest BCUT2D eigenvalue weighted by molar-refractivity contribution is 7.47. The van der Waals surface area contributed by atoms with E-state index in [9.17, 15) is 33.8 Å². The summed E-state index contributed by atoms with van der Waals surface area (Å²) in [5, 5.41) is 19.6. The average molecular weight is 917 g/mol. The Morgan fingerprint density at radius 3 is 1.68 bits per heavy atom. The number of carbonyl (C=O) groups is 2. The fourth-order valence-corrected chi connectivity index (χ4v) is 6.58. The van der Waals surface area contributed by atoms with E-state index in [2.05, 4.69) is 70.7 Å². The van der Waals surface area contributed by atoms with Crippen molar-refractivity contribution in [2.24, 2.45) is 0 Å². The number of aliphatic hydroxyl groups excluding tert-OH is 2. The Morgan fingerprint density at radius 2 is 1.06 bits per heavy atom. The summed E-state index contributed by atoms with van der Waals surface area (Å²) in [6.45, 7) is 1.43. The van der Waals surface area contributed by atoms with Gasteiger partial charge in [-0.1, -0.05) is 137 Å². The van der Waals surface area contributed by atoms with Crippen molar-refractivity contribution >= 4 is 27.6 Å². The van der Waals surface area contributed by atoms with Crippen molar-refractivity contribution in [1.29, 1.82) is 0 Å². The van der Waals surface area contributed by atoms with Crippen molar-refractivity contribution in [3.63, 3.8) is 0 Å². The van der Waals surface area contributed by atoms with E-state index in [1.807, 2.05) is 31.2 Å². The standard InChI is InChI=1S/C46H78O14P2/c1-3-5-7-8-9-10-11-12-13-14-15-16-17-18-19-22-26-29-33-37-46(50)60-44(41-59-62(54,55)58-39-43(48)38-57-61(51,52)53)40-56-45(49)36-32-28-25-23-20-21-24-27-31-35-42(47)34-30-6-4-2/h6,9-10,12-13,15-16,18-19,24,27,30-31,35,42-44,47-48H,3-5,7-8,11,14,17,20-23,25-26,28-29,32-34,36-41H2,1-2H3,(H,54,55)(H2,51,52,53)/b10-9-,13-12-,16-15-,19-18-,27-24+,30-6+,35-31+/t42?,43-,44+/m0/s1. The summed E-state index contributed by atoms with van der Waals surface area (Å²) in [7, 11) is -9.72. The summed E-state index contributed by atoms with van der Waals surface area (Å²) >= 11 is 0. The number of phosphoric ester groups is 2. The number of rotatable bonds is 41. The molecule has 0 aromatic rings. The fourth-order valence-electron chi connectivity index (χ4n) is 5.42. The van der Waals surface area contributed by atoms with Crippen LogP contribution in [0.4, 0.5) is 0 Å². The number of aliphatic hydroxyl groups is 2. The molecule has 0 spiro atoms. The molecule has 0 fully saturated rings. The van der Waals surface area contributed by atoms with Crippen LogP contribution in [0.25, 0.3) is 0 Å². The lowest BCUT2D eigenvalue weighted by atomic mass is 10.1. The van der Waals surface area contributed by atoms with Crippen molar-refractivity contribution in [2.45, 2.75) is 167 Å². The minimum Gasteiger partial charge on any atom is -0.462 e. The van der Waals surface area contributed by atoms with Crippen LogP contribution in [0.2, 0.25) is 0 Å².